The molecule has 19 heavy (non-hydrogen) atoms. The zero-order valence-corrected chi connectivity index (χ0v) is 11.4. The second-order valence-corrected chi connectivity index (χ2v) is 5.26. The van der Waals surface area contributed by atoms with Gasteiger partial charge in [-0.2, -0.15) is 5.26 Å². The maximum absolute atomic E-state index is 13.5. The lowest BCUT2D eigenvalue weighted by atomic mass is 9.89. The van der Waals surface area contributed by atoms with Crippen LogP contribution in [-0.2, 0) is 4.74 Å². The molecule has 4 heteroatoms. The average Bonchev–Trinajstić information content (AvgIpc) is 2.39. The van der Waals surface area contributed by atoms with E-state index in [1.165, 1.54) is 6.07 Å². The quantitative estimate of drug-likeness (QED) is 0.907. The molecule has 2 rings (SSSR count). The SMILES string of the molecule is CCC1(C)CC(Nc2cccc(F)c2C#N)CCO1. The van der Waals surface area contributed by atoms with E-state index < -0.39 is 5.82 Å². The van der Waals surface area contributed by atoms with Gasteiger partial charge in [0.05, 0.1) is 11.3 Å². The highest BCUT2D eigenvalue weighted by molar-refractivity contribution is 5.58. The van der Waals surface area contributed by atoms with Crippen LogP contribution < -0.4 is 5.32 Å². The highest BCUT2D eigenvalue weighted by Crippen LogP contribution is 2.30. The molecule has 1 N–H and O–H groups in total. The van der Waals surface area contributed by atoms with Crippen molar-refractivity contribution < 1.29 is 9.13 Å². The van der Waals surface area contributed by atoms with E-state index in [4.69, 9.17) is 10.00 Å². The van der Waals surface area contributed by atoms with Crippen molar-refractivity contribution in [1.82, 2.24) is 0 Å². The minimum absolute atomic E-state index is 0.0900. The van der Waals surface area contributed by atoms with Crippen LogP contribution in [0.25, 0.3) is 0 Å². The Morgan fingerprint density at radius 2 is 2.37 bits per heavy atom. The van der Waals surface area contributed by atoms with Gasteiger partial charge in [-0.3, -0.25) is 0 Å². The third kappa shape index (κ3) is 3.05. The first kappa shape index (κ1) is 13.8. The molecule has 0 saturated carbocycles. The molecule has 1 aliphatic rings. The molecule has 0 aliphatic carbocycles. The summed E-state index contributed by atoms with van der Waals surface area (Å²) in [4.78, 5) is 0. The molecule has 0 radical (unpaired) electrons. The predicted molar refractivity (Wildman–Crippen MR) is 72.4 cm³/mol. The van der Waals surface area contributed by atoms with Gasteiger partial charge in [0.25, 0.3) is 0 Å². The highest BCUT2D eigenvalue weighted by Gasteiger charge is 2.31. The van der Waals surface area contributed by atoms with Crippen molar-refractivity contribution in [1.29, 1.82) is 5.26 Å². The fraction of sp³-hybridized carbons (Fsp3) is 0.533. The Kier molecular flexibility index (Phi) is 4.06. The molecule has 0 aromatic heterocycles. The Morgan fingerprint density at radius 1 is 1.58 bits per heavy atom. The van der Waals surface area contributed by atoms with Crippen LogP contribution in [0.4, 0.5) is 10.1 Å². The number of nitrogens with one attached hydrogen (secondary N) is 1. The molecule has 0 bridgehead atoms. The highest BCUT2D eigenvalue weighted by atomic mass is 19.1. The van der Waals surface area contributed by atoms with Crippen molar-refractivity contribution in [2.45, 2.75) is 44.8 Å². The molecule has 1 fully saturated rings. The van der Waals surface area contributed by atoms with Crippen LogP contribution in [0.1, 0.15) is 38.7 Å². The molecular formula is C15H19FN2O. The predicted octanol–water partition coefficient (Wildman–Crippen LogP) is 3.46. The number of ether oxygens (including phenoxy) is 1. The molecule has 1 aliphatic heterocycles. The van der Waals surface area contributed by atoms with Crippen LogP contribution in [0.3, 0.4) is 0 Å². The fourth-order valence-corrected chi connectivity index (χ4v) is 2.48. The van der Waals surface area contributed by atoms with Crippen LogP contribution in [-0.4, -0.2) is 18.2 Å². The molecule has 2 unspecified atom stereocenters. The molecule has 0 amide bonds. The number of rotatable bonds is 3. The summed E-state index contributed by atoms with van der Waals surface area (Å²) >= 11 is 0. The molecular weight excluding hydrogens is 243 g/mol. The van der Waals surface area contributed by atoms with Gasteiger partial charge in [-0.1, -0.05) is 13.0 Å². The van der Waals surface area contributed by atoms with E-state index in [1.807, 2.05) is 6.07 Å². The summed E-state index contributed by atoms with van der Waals surface area (Å²) in [7, 11) is 0. The summed E-state index contributed by atoms with van der Waals surface area (Å²) in [6.45, 7) is 4.89. The van der Waals surface area contributed by atoms with Gasteiger partial charge in [0.15, 0.2) is 0 Å². The minimum atomic E-state index is -0.474. The van der Waals surface area contributed by atoms with Crippen LogP contribution in [0.2, 0.25) is 0 Å². The lowest BCUT2D eigenvalue weighted by molar-refractivity contribution is -0.0708. The smallest absolute Gasteiger partial charge is 0.143 e. The van der Waals surface area contributed by atoms with E-state index in [-0.39, 0.29) is 17.2 Å². The van der Waals surface area contributed by atoms with Crippen molar-refractivity contribution in [3.8, 4) is 6.07 Å². The number of nitriles is 1. The zero-order valence-electron chi connectivity index (χ0n) is 11.4. The largest absolute Gasteiger partial charge is 0.381 e. The van der Waals surface area contributed by atoms with E-state index in [1.54, 1.807) is 12.1 Å². The lowest BCUT2D eigenvalue weighted by Crippen LogP contribution is -2.42. The molecule has 1 saturated heterocycles. The summed E-state index contributed by atoms with van der Waals surface area (Å²) in [5.74, 6) is -0.474. The van der Waals surface area contributed by atoms with Gasteiger partial charge in [0.2, 0.25) is 0 Å². The monoisotopic (exact) mass is 262 g/mol. The van der Waals surface area contributed by atoms with Gasteiger partial charge in [-0.05, 0) is 38.3 Å². The van der Waals surface area contributed by atoms with Crippen molar-refractivity contribution in [2.24, 2.45) is 0 Å². The van der Waals surface area contributed by atoms with E-state index >= 15 is 0 Å². The van der Waals surface area contributed by atoms with E-state index in [0.29, 0.717) is 12.3 Å². The second-order valence-electron chi connectivity index (χ2n) is 5.26. The normalized spacial score (nSPS) is 26.7. The summed E-state index contributed by atoms with van der Waals surface area (Å²) < 4.78 is 19.3. The van der Waals surface area contributed by atoms with Gasteiger partial charge in [-0.15, -0.1) is 0 Å². The summed E-state index contributed by atoms with van der Waals surface area (Å²) in [5, 5.41) is 12.3. The van der Waals surface area contributed by atoms with Crippen LogP contribution >= 0.6 is 0 Å². The number of nitrogens with zero attached hydrogens (tertiary/aromatic N) is 1. The third-order valence-corrected chi connectivity index (χ3v) is 3.83. The van der Waals surface area contributed by atoms with Crippen LogP contribution in [0.15, 0.2) is 18.2 Å². The van der Waals surface area contributed by atoms with Gasteiger partial charge in [-0.25, -0.2) is 4.39 Å². The second kappa shape index (κ2) is 5.58. The topological polar surface area (TPSA) is 45.0 Å². The zero-order chi connectivity index (χ0) is 13.9. The number of anilines is 1. The van der Waals surface area contributed by atoms with Gasteiger partial charge in [0, 0.05) is 12.6 Å². The van der Waals surface area contributed by atoms with Crippen molar-refractivity contribution in [3.63, 3.8) is 0 Å². The third-order valence-electron chi connectivity index (χ3n) is 3.83. The van der Waals surface area contributed by atoms with Crippen molar-refractivity contribution in [2.75, 3.05) is 11.9 Å². The molecule has 102 valence electrons. The molecule has 3 nitrogen and oxygen atoms in total. The Bertz CT molecular complexity index is 497. The Labute approximate surface area is 113 Å². The molecule has 0 spiro atoms. The number of benzene rings is 1. The Balaban J connectivity index is 2.14. The van der Waals surface area contributed by atoms with Crippen molar-refractivity contribution in [3.05, 3.63) is 29.6 Å². The molecule has 2 atom stereocenters. The maximum Gasteiger partial charge on any atom is 0.143 e. The number of hydrogen-bond acceptors (Lipinski definition) is 3. The summed E-state index contributed by atoms with van der Waals surface area (Å²) in [6.07, 6.45) is 2.68. The van der Waals surface area contributed by atoms with E-state index in [2.05, 4.69) is 19.2 Å². The van der Waals surface area contributed by atoms with E-state index in [0.717, 1.165) is 19.3 Å². The van der Waals surface area contributed by atoms with E-state index in [9.17, 15) is 4.39 Å². The number of halogens is 1. The first-order chi connectivity index (χ1) is 9.08. The summed E-state index contributed by atoms with van der Waals surface area (Å²) in [5.41, 5.74) is 0.538. The first-order valence-electron chi connectivity index (χ1n) is 6.67. The van der Waals surface area contributed by atoms with Gasteiger partial charge >= 0.3 is 0 Å². The molecule has 1 heterocycles. The Hall–Kier alpha value is -1.60. The van der Waals surface area contributed by atoms with Crippen LogP contribution in [0.5, 0.6) is 0 Å². The fourth-order valence-electron chi connectivity index (χ4n) is 2.48. The standard InChI is InChI=1S/C15H19FN2O/c1-3-15(2)9-11(7-8-19-15)18-14-6-4-5-13(16)12(14)10-17/h4-6,11,18H,3,7-9H2,1-2H3. The Morgan fingerprint density at radius 3 is 3.05 bits per heavy atom. The molecule has 1 aromatic carbocycles. The van der Waals surface area contributed by atoms with Gasteiger partial charge in [0.1, 0.15) is 17.4 Å². The van der Waals surface area contributed by atoms with Crippen LogP contribution in [0, 0.1) is 17.1 Å². The number of hydrogen-bond donors (Lipinski definition) is 1. The molecule has 1 aromatic rings. The lowest BCUT2D eigenvalue weighted by Gasteiger charge is -2.38. The first-order valence-corrected chi connectivity index (χ1v) is 6.67. The van der Waals surface area contributed by atoms with Gasteiger partial charge < -0.3 is 10.1 Å². The summed E-state index contributed by atoms with van der Waals surface area (Å²) in [6, 6.07) is 6.82. The minimum Gasteiger partial charge on any atom is -0.381 e. The maximum atomic E-state index is 13.5. The van der Waals surface area contributed by atoms with Crippen molar-refractivity contribution >= 4 is 5.69 Å². The average molecular weight is 262 g/mol.